The Labute approximate surface area is 179 Å². The molecule has 6 atom stereocenters. The predicted octanol–water partition coefficient (Wildman–Crippen LogP) is -0.922. The lowest BCUT2D eigenvalue weighted by molar-refractivity contribution is -0.221. The van der Waals surface area contributed by atoms with Crippen LogP contribution in [0, 0.1) is 0 Å². The molecule has 0 radical (unpaired) electrons. The minimum atomic E-state index is -1.42. The highest BCUT2D eigenvalue weighted by Crippen LogP contribution is 2.33. The van der Waals surface area contributed by atoms with Crippen molar-refractivity contribution in [2.75, 3.05) is 7.05 Å². The van der Waals surface area contributed by atoms with Gasteiger partial charge in [0.25, 0.3) is 0 Å². The molecule has 174 valence electrons. The van der Waals surface area contributed by atoms with Crippen LogP contribution in [0.15, 0.2) is 0 Å². The van der Waals surface area contributed by atoms with E-state index in [-0.39, 0.29) is 0 Å². The molecule has 0 aromatic heterocycles. The van der Waals surface area contributed by atoms with Gasteiger partial charge in [0.15, 0.2) is 18.3 Å². The fraction of sp³-hybridized carbons (Fsp3) is 0.684. The molecule has 1 fully saturated rings. The molecule has 12 heteroatoms. The molecule has 0 aromatic rings. The van der Waals surface area contributed by atoms with Crippen LogP contribution < -0.4 is 5.32 Å². The van der Waals surface area contributed by atoms with Gasteiger partial charge in [-0.1, -0.05) is 0 Å². The van der Waals surface area contributed by atoms with Crippen molar-refractivity contribution in [1.82, 2.24) is 10.2 Å². The normalized spacial score (nSPS) is 27.3. The maximum absolute atomic E-state index is 12.2. The largest absolute Gasteiger partial charge is 0.458 e. The van der Waals surface area contributed by atoms with Crippen molar-refractivity contribution in [3.05, 3.63) is 0 Å². The molecule has 0 aromatic carbocycles. The summed E-state index contributed by atoms with van der Waals surface area (Å²) in [5, 5.41) is 2.53. The van der Waals surface area contributed by atoms with Crippen LogP contribution in [0.2, 0.25) is 0 Å². The fourth-order valence-electron chi connectivity index (χ4n) is 3.54. The molecular weight excluding hydrogens is 416 g/mol. The SMILES string of the molecule is CC(=O)N[C@@H]1[C@@H](OC(C)=O)[C@H](OC(C)=O)[C@@H](OC(C)=O)[C@H](N(C)C(C)=O)[C@@H]1OC(C)=O. The number of nitrogens with zero attached hydrogens (tertiary/aromatic N) is 1. The lowest BCUT2D eigenvalue weighted by Crippen LogP contribution is -2.74. The quantitative estimate of drug-likeness (QED) is 0.402. The zero-order valence-electron chi connectivity index (χ0n) is 18.5. The van der Waals surface area contributed by atoms with Gasteiger partial charge < -0.3 is 29.2 Å². The van der Waals surface area contributed by atoms with Crippen LogP contribution >= 0.6 is 0 Å². The Hall–Kier alpha value is -3.18. The highest BCUT2D eigenvalue weighted by atomic mass is 16.6. The third-order valence-electron chi connectivity index (χ3n) is 4.55. The van der Waals surface area contributed by atoms with E-state index in [9.17, 15) is 28.8 Å². The van der Waals surface area contributed by atoms with Crippen LogP contribution in [0.3, 0.4) is 0 Å². The molecule has 0 heterocycles. The first-order chi connectivity index (χ1) is 14.3. The summed E-state index contributed by atoms with van der Waals surface area (Å²) in [5.41, 5.74) is 0. The van der Waals surface area contributed by atoms with Gasteiger partial charge in [0.2, 0.25) is 11.8 Å². The van der Waals surface area contributed by atoms with Crippen molar-refractivity contribution in [2.24, 2.45) is 0 Å². The monoisotopic (exact) mass is 444 g/mol. The van der Waals surface area contributed by atoms with Gasteiger partial charge in [-0.05, 0) is 0 Å². The highest BCUT2D eigenvalue weighted by Gasteiger charge is 2.59. The number of hydrogen-bond acceptors (Lipinski definition) is 10. The lowest BCUT2D eigenvalue weighted by Gasteiger charge is -2.50. The zero-order chi connectivity index (χ0) is 24.0. The second-order valence-electron chi connectivity index (χ2n) is 7.14. The van der Waals surface area contributed by atoms with Crippen LogP contribution in [-0.4, -0.2) is 84.1 Å². The van der Waals surface area contributed by atoms with Gasteiger partial charge in [-0.2, -0.15) is 0 Å². The van der Waals surface area contributed by atoms with Crippen molar-refractivity contribution in [3.8, 4) is 0 Å². The molecule has 0 aliphatic heterocycles. The summed E-state index contributed by atoms with van der Waals surface area (Å²) < 4.78 is 21.4. The van der Waals surface area contributed by atoms with Crippen LogP contribution in [0.4, 0.5) is 0 Å². The number of esters is 4. The molecule has 0 bridgehead atoms. The van der Waals surface area contributed by atoms with E-state index in [1.807, 2.05) is 0 Å². The Kier molecular flexibility index (Phi) is 8.95. The van der Waals surface area contributed by atoms with Crippen LogP contribution in [-0.2, 0) is 47.7 Å². The number of amides is 2. The molecular formula is C19H28N2O10. The third-order valence-corrected chi connectivity index (χ3v) is 4.55. The number of likely N-dealkylation sites (N-methyl/N-ethyl adjacent to an activating group) is 1. The topological polar surface area (TPSA) is 155 Å². The fourth-order valence-corrected chi connectivity index (χ4v) is 3.54. The van der Waals surface area contributed by atoms with Gasteiger partial charge >= 0.3 is 23.9 Å². The number of carbonyl (C=O) groups excluding carboxylic acids is 6. The molecule has 2 amide bonds. The Bertz CT molecular complexity index is 708. The van der Waals surface area contributed by atoms with Gasteiger partial charge in [0, 0.05) is 48.6 Å². The number of ether oxygens (including phenoxy) is 4. The molecule has 0 spiro atoms. The second-order valence-corrected chi connectivity index (χ2v) is 7.14. The minimum Gasteiger partial charge on any atom is -0.458 e. The first-order valence-electron chi connectivity index (χ1n) is 9.45. The Morgan fingerprint density at radius 3 is 1.39 bits per heavy atom. The summed E-state index contributed by atoms with van der Waals surface area (Å²) in [6.07, 6.45) is -5.50. The molecule has 1 aliphatic carbocycles. The van der Waals surface area contributed by atoms with E-state index < -0.39 is 72.2 Å². The molecule has 1 saturated carbocycles. The number of rotatable bonds is 6. The summed E-state index contributed by atoms with van der Waals surface area (Å²) in [7, 11) is 1.36. The standard InChI is InChI=1S/C19H28N2O10/c1-8(22)20-14-16(28-10(3)24)15(21(7)9(2)23)18(30-12(5)26)19(31-13(6)27)17(14)29-11(4)25/h14-19H,1-7H3,(H,20,22)/t14-,15+,16+,17+,18-,19-/m0/s1. The second kappa shape index (κ2) is 10.7. The van der Waals surface area contributed by atoms with Gasteiger partial charge in [-0.3, -0.25) is 28.8 Å². The summed E-state index contributed by atoms with van der Waals surface area (Å²) >= 11 is 0. The number of hydrogen-bond donors (Lipinski definition) is 1. The summed E-state index contributed by atoms with van der Waals surface area (Å²) in [5.74, 6) is -4.21. The van der Waals surface area contributed by atoms with Crippen molar-refractivity contribution >= 4 is 35.7 Å². The first kappa shape index (κ1) is 25.9. The minimum absolute atomic E-state index is 0.492. The Balaban J connectivity index is 3.77. The maximum Gasteiger partial charge on any atom is 0.303 e. The summed E-state index contributed by atoms with van der Waals surface area (Å²) in [6.45, 7) is 6.78. The predicted molar refractivity (Wildman–Crippen MR) is 102 cm³/mol. The van der Waals surface area contributed by atoms with Crippen LogP contribution in [0.5, 0.6) is 0 Å². The van der Waals surface area contributed by atoms with Crippen molar-refractivity contribution in [1.29, 1.82) is 0 Å². The molecule has 0 saturated heterocycles. The van der Waals surface area contributed by atoms with Crippen molar-refractivity contribution in [2.45, 2.75) is 78.0 Å². The molecule has 31 heavy (non-hydrogen) atoms. The van der Waals surface area contributed by atoms with Gasteiger partial charge in [0.1, 0.15) is 18.2 Å². The van der Waals surface area contributed by atoms with Gasteiger partial charge in [-0.25, -0.2) is 0 Å². The molecule has 1 rings (SSSR count). The van der Waals surface area contributed by atoms with E-state index in [1.165, 1.54) is 20.9 Å². The first-order valence-corrected chi connectivity index (χ1v) is 9.45. The van der Waals surface area contributed by atoms with E-state index in [0.29, 0.717) is 0 Å². The summed E-state index contributed by atoms with van der Waals surface area (Å²) in [4.78, 5) is 72.6. The van der Waals surface area contributed by atoms with Gasteiger partial charge in [0.05, 0.1) is 0 Å². The maximum atomic E-state index is 12.2. The smallest absolute Gasteiger partial charge is 0.303 e. The molecule has 1 aliphatic rings. The van der Waals surface area contributed by atoms with Crippen LogP contribution in [0.25, 0.3) is 0 Å². The van der Waals surface area contributed by atoms with E-state index >= 15 is 0 Å². The van der Waals surface area contributed by atoms with E-state index in [4.69, 9.17) is 18.9 Å². The molecule has 0 unspecified atom stereocenters. The van der Waals surface area contributed by atoms with E-state index in [1.54, 1.807) is 0 Å². The average Bonchev–Trinajstić information content (AvgIpc) is 2.58. The average molecular weight is 444 g/mol. The summed E-state index contributed by atoms with van der Waals surface area (Å²) in [6, 6.07) is -2.41. The van der Waals surface area contributed by atoms with Crippen molar-refractivity contribution < 1.29 is 47.7 Å². The molecule has 1 N–H and O–H groups in total. The lowest BCUT2D eigenvalue weighted by atomic mass is 9.79. The highest BCUT2D eigenvalue weighted by molar-refractivity contribution is 5.76. The Morgan fingerprint density at radius 2 is 1.00 bits per heavy atom. The van der Waals surface area contributed by atoms with E-state index in [0.717, 1.165) is 32.6 Å². The van der Waals surface area contributed by atoms with E-state index in [2.05, 4.69) is 5.32 Å². The zero-order valence-corrected chi connectivity index (χ0v) is 18.5. The van der Waals surface area contributed by atoms with Crippen molar-refractivity contribution in [3.63, 3.8) is 0 Å². The number of nitrogens with one attached hydrogen (secondary N) is 1. The third kappa shape index (κ3) is 6.93. The molecule has 12 nitrogen and oxygen atoms in total. The van der Waals surface area contributed by atoms with Gasteiger partial charge in [-0.15, -0.1) is 0 Å². The Morgan fingerprint density at radius 1 is 0.613 bits per heavy atom. The number of carbonyl (C=O) groups is 6. The van der Waals surface area contributed by atoms with Crippen LogP contribution in [0.1, 0.15) is 41.5 Å².